The van der Waals surface area contributed by atoms with Crippen molar-refractivity contribution in [1.29, 1.82) is 0 Å². The first-order valence-electron chi connectivity index (χ1n) is 9.20. The minimum absolute atomic E-state index is 0.126. The molecule has 3 heterocycles. The van der Waals surface area contributed by atoms with E-state index in [1.165, 1.54) is 44.3 Å². The molecule has 0 aromatic carbocycles. The number of piperidine rings is 1. The lowest BCUT2D eigenvalue weighted by molar-refractivity contribution is -0.106. The lowest BCUT2D eigenvalue weighted by Gasteiger charge is -2.54. The molecule has 8 heteroatoms. The lowest BCUT2D eigenvalue weighted by Crippen LogP contribution is -2.57. The van der Waals surface area contributed by atoms with E-state index >= 15 is 0 Å². The van der Waals surface area contributed by atoms with Gasteiger partial charge in [-0.3, -0.25) is 0 Å². The van der Waals surface area contributed by atoms with E-state index in [-0.39, 0.29) is 24.4 Å². The Hall–Kier alpha value is -0.830. The van der Waals surface area contributed by atoms with Gasteiger partial charge in [-0.15, -0.1) is 0 Å². The number of aldehydes is 1. The Bertz CT molecular complexity index is 413. The zero-order valence-electron chi connectivity index (χ0n) is 15.9. The van der Waals surface area contributed by atoms with Gasteiger partial charge in [-0.2, -0.15) is 9.35 Å². The molecule has 0 unspecified atom stereocenters. The molecule has 4 rings (SSSR count). The Balaban J connectivity index is 0.000000208. The molecule has 1 atom stereocenters. The van der Waals surface area contributed by atoms with E-state index in [2.05, 4.69) is 11.9 Å². The fourth-order valence-electron chi connectivity index (χ4n) is 3.84. The van der Waals surface area contributed by atoms with E-state index in [9.17, 15) is 4.79 Å². The fourth-order valence-corrected chi connectivity index (χ4v) is 4.09. The second-order valence-corrected chi connectivity index (χ2v) is 7.06. The molecular formula is C17H33N3O4S. The average Bonchev–Trinajstić information content (AvgIpc) is 2.77. The van der Waals surface area contributed by atoms with E-state index in [1.54, 1.807) is 4.90 Å². The molecule has 2 bridgehead atoms. The summed E-state index contributed by atoms with van der Waals surface area (Å²) in [5, 5.41) is 1.26. The highest BCUT2D eigenvalue weighted by atomic mass is 32.2. The molecule has 146 valence electrons. The standard InChI is InChI=1S/C7H13N.C6H10N2O3S.C2H4O.C2H6/c1-8-5-7(6-8)3-2-4-7;9-6-7-3-1-2-5(4-7)8(6)11-12-10;1-2-3;1-2/h2-6H2,1H3;5,10H,1-4H2;2H,1H3;1-2H3/t;5-;;/m.1../s1. The minimum atomic E-state index is -0.126. The summed E-state index contributed by atoms with van der Waals surface area (Å²) < 4.78 is 13.2. The predicted octanol–water partition coefficient (Wildman–Crippen LogP) is 3.27. The van der Waals surface area contributed by atoms with E-state index in [0.717, 1.165) is 37.6 Å². The normalized spacial score (nSPS) is 25.3. The molecule has 1 N–H and O–H groups in total. The molecule has 7 nitrogen and oxygen atoms in total. The van der Waals surface area contributed by atoms with Crippen LogP contribution in [-0.2, 0) is 9.08 Å². The Morgan fingerprint density at radius 3 is 2.24 bits per heavy atom. The molecule has 0 radical (unpaired) electrons. The van der Waals surface area contributed by atoms with Crippen molar-refractivity contribution in [3.8, 4) is 0 Å². The highest BCUT2D eigenvalue weighted by Crippen LogP contribution is 2.47. The number of fused-ring (bicyclic) bond motifs is 2. The molecule has 25 heavy (non-hydrogen) atoms. The maximum Gasteiger partial charge on any atom is 0.345 e. The summed E-state index contributed by atoms with van der Waals surface area (Å²) in [6.07, 6.45) is 7.25. The third kappa shape index (κ3) is 5.84. The second kappa shape index (κ2) is 11.0. The number of carbonyl (C=O) groups excluding carboxylic acids is 2. The molecular weight excluding hydrogens is 342 g/mol. The zero-order valence-corrected chi connectivity index (χ0v) is 16.8. The van der Waals surface area contributed by atoms with E-state index in [0.29, 0.717) is 0 Å². The molecule has 0 aromatic rings. The molecule has 1 saturated carbocycles. The summed E-state index contributed by atoms with van der Waals surface area (Å²) in [5.74, 6) is 0. The first kappa shape index (κ1) is 22.2. The van der Waals surface area contributed by atoms with E-state index < -0.39 is 0 Å². The molecule has 2 amide bonds. The van der Waals surface area contributed by atoms with Crippen LogP contribution in [0.2, 0.25) is 0 Å². The smallest absolute Gasteiger partial charge is 0.321 e. The average molecular weight is 376 g/mol. The van der Waals surface area contributed by atoms with Crippen molar-refractivity contribution < 1.29 is 18.4 Å². The van der Waals surface area contributed by atoms with Gasteiger partial charge in [-0.25, -0.2) is 4.79 Å². The van der Waals surface area contributed by atoms with Gasteiger partial charge in [0.2, 0.25) is 0 Å². The van der Waals surface area contributed by atoms with Crippen LogP contribution < -0.4 is 0 Å². The van der Waals surface area contributed by atoms with Crippen molar-refractivity contribution in [1.82, 2.24) is 14.9 Å². The van der Waals surface area contributed by atoms with Crippen molar-refractivity contribution in [3.63, 3.8) is 0 Å². The summed E-state index contributed by atoms with van der Waals surface area (Å²) in [6.45, 7) is 9.75. The van der Waals surface area contributed by atoms with Crippen molar-refractivity contribution in [2.75, 3.05) is 33.2 Å². The highest BCUT2D eigenvalue weighted by molar-refractivity contribution is 7.88. The maximum absolute atomic E-state index is 11.4. The maximum atomic E-state index is 11.4. The summed E-state index contributed by atoms with van der Waals surface area (Å²) >= 11 is 0.230. The lowest BCUT2D eigenvalue weighted by atomic mass is 9.64. The number of carbonyl (C=O) groups is 2. The van der Waals surface area contributed by atoms with Gasteiger partial charge in [0, 0.05) is 26.2 Å². The van der Waals surface area contributed by atoms with E-state index in [1.807, 2.05) is 13.8 Å². The third-order valence-corrected chi connectivity index (χ3v) is 5.15. The van der Waals surface area contributed by atoms with Crippen LogP contribution in [0.15, 0.2) is 0 Å². The van der Waals surface area contributed by atoms with Gasteiger partial charge in [-0.05, 0) is 45.1 Å². The summed E-state index contributed by atoms with van der Waals surface area (Å²) in [5.41, 5.74) is 0.842. The molecule has 4 aliphatic rings. The van der Waals surface area contributed by atoms with Gasteiger partial charge >= 0.3 is 6.03 Å². The number of nitrogens with zero attached hydrogens (tertiary/aromatic N) is 3. The van der Waals surface area contributed by atoms with Gasteiger partial charge in [0.15, 0.2) is 12.3 Å². The van der Waals surface area contributed by atoms with Gasteiger partial charge in [-0.1, -0.05) is 20.3 Å². The first-order valence-corrected chi connectivity index (χ1v) is 9.90. The molecule has 0 aromatic heterocycles. The number of urea groups is 1. The van der Waals surface area contributed by atoms with Crippen molar-refractivity contribution in [2.24, 2.45) is 5.41 Å². The summed E-state index contributed by atoms with van der Waals surface area (Å²) in [6, 6.07) is 0.00458. The van der Waals surface area contributed by atoms with Crippen LogP contribution in [0.5, 0.6) is 0 Å². The largest absolute Gasteiger partial charge is 0.345 e. The topological polar surface area (TPSA) is 73.3 Å². The van der Waals surface area contributed by atoms with Gasteiger partial charge < -0.3 is 19.1 Å². The zero-order chi connectivity index (χ0) is 18.9. The molecule has 1 spiro atoms. The number of hydrogen-bond acceptors (Lipinski definition) is 6. The Morgan fingerprint density at radius 2 is 1.88 bits per heavy atom. The molecule has 3 saturated heterocycles. The second-order valence-electron chi connectivity index (χ2n) is 6.76. The Labute approximate surface area is 156 Å². The van der Waals surface area contributed by atoms with Crippen LogP contribution in [0.25, 0.3) is 0 Å². The van der Waals surface area contributed by atoms with Crippen LogP contribution >= 0.6 is 12.3 Å². The van der Waals surface area contributed by atoms with Crippen LogP contribution in [0.1, 0.15) is 52.9 Å². The molecule has 4 fully saturated rings. The van der Waals surface area contributed by atoms with Crippen molar-refractivity contribution in [2.45, 2.75) is 58.9 Å². The van der Waals surface area contributed by atoms with Gasteiger partial charge in [0.1, 0.15) is 6.29 Å². The summed E-state index contributed by atoms with van der Waals surface area (Å²) in [4.78, 5) is 24.3. The summed E-state index contributed by atoms with van der Waals surface area (Å²) in [7, 11) is 2.21. The highest BCUT2D eigenvalue weighted by Gasteiger charge is 2.45. The van der Waals surface area contributed by atoms with Gasteiger partial charge in [0.25, 0.3) is 0 Å². The SMILES string of the molecule is CC.CC=O.CN1CC2(CCC2)C1.O=C1N2CCC[C@H](C2)N1OSO. The minimum Gasteiger partial charge on any atom is -0.321 e. The number of hydrogen-bond donors (Lipinski definition) is 1. The Morgan fingerprint density at radius 1 is 1.28 bits per heavy atom. The quantitative estimate of drug-likeness (QED) is 0.590. The van der Waals surface area contributed by atoms with Crippen LogP contribution in [0, 0.1) is 5.41 Å². The van der Waals surface area contributed by atoms with Crippen LogP contribution in [0.4, 0.5) is 4.79 Å². The third-order valence-electron chi connectivity index (χ3n) is 4.93. The van der Waals surface area contributed by atoms with Crippen molar-refractivity contribution in [3.05, 3.63) is 0 Å². The molecule has 1 aliphatic carbocycles. The van der Waals surface area contributed by atoms with Crippen LogP contribution in [0.3, 0.4) is 0 Å². The monoisotopic (exact) mass is 375 g/mol. The molecule has 3 aliphatic heterocycles. The van der Waals surface area contributed by atoms with Gasteiger partial charge in [0.05, 0.1) is 6.04 Å². The number of hydroxylamine groups is 2. The number of amides is 2. The number of likely N-dealkylation sites (tertiary alicyclic amines) is 1. The van der Waals surface area contributed by atoms with Crippen LogP contribution in [-0.4, -0.2) is 71.0 Å². The fraction of sp³-hybridized carbons (Fsp3) is 0.882. The van der Waals surface area contributed by atoms with E-state index in [4.69, 9.17) is 13.6 Å². The van der Waals surface area contributed by atoms with Crippen molar-refractivity contribution >= 4 is 24.6 Å². The Kier molecular flexibility index (Phi) is 9.78. The predicted molar refractivity (Wildman–Crippen MR) is 100 cm³/mol. The first-order chi connectivity index (χ1) is 12.0. The number of rotatable bonds is 2.